The number of amides is 2. The van der Waals surface area contributed by atoms with E-state index in [0.717, 1.165) is 12.2 Å². The zero-order chi connectivity index (χ0) is 26.2. The van der Waals surface area contributed by atoms with Gasteiger partial charge in [0.25, 0.3) is 0 Å². The Morgan fingerprint density at radius 3 is 2.31 bits per heavy atom. The molecular weight excluding hydrogens is 460 g/mol. The number of benzene rings is 2. The van der Waals surface area contributed by atoms with Crippen LogP contribution in [0.25, 0.3) is 0 Å². The summed E-state index contributed by atoms with van der Waals surface area (Å²) in [6, 6.07) is 12.9. The minimum atomic E-state index is -0.949. The van der Waals surface area contributed by atoms with Gasteiger partial charge in [0.15, 0.2) is 11.5 Å². The maximum absolute atomic E-state index is 12.9. The zero-order valence-electron chi connectivity index (χ0n) is 21.9. The van der Waals surface area contributed by atoms with Crippen molar-refractivity contribution in [3.05, 3.63) is 48.0 Å². The summed E-state index contributed by atoms with van der Waals surface area (Å²) < 4.78 is 11.5. The standard InChI is InChI=1S/C27H38N4O5/c1-19(2)31(20(3)4)15-16-36-25-18-22(9-10-24(25)35-5)28-27(34)30-13-11-29(12-14-30)23-8-6-7-21(17-23)26(32)33/h6-10,17-20H,11-16H2,1-5H3,(H,28,34)(H,32,33). The van der Waals surface area contributed by atoms with E-state index < -0.39 is 5.97 Å². The van der Waals surface area contributed by atoms with Crippen molar-refractivity contribution in [2.75, 3.05) is 56.7 Å². The largest absolute Gasteiger partial charge is 0.493 e. The molecule has 2 N–H and O–H groups in total. The number of aromatic carboxylic acids is 1. The lowest BCUT2D eigenvalue weighted by atomic mass is 10.1. The first-order valence-electron chi connectivity index (χ1n) is 12.4. The van der Waals surface area contributed by atoms with Crippen molar-refractivity contribution in [2.45, 2.75) is 39.8 Å². The molecule has 0 atom stereocenters. The van der Waals surface area contributed by atoms with Crippen LogP contribution in [0.15, 0.2) is 42.5 Å². The summed E-state index contributed by atoms with van der Waals surface area (Å²) in [4.78, 5) is 30.4. The number of methoxy groups -OCH3 is 1. The highest BCUT2D eigenvalue weighted by Gasteiger charge is 2.22. The minimum absolute atomic E-state index is 0.184. The fraction of sp³-hybridized carbons (Fsp3) is 0.481. The number of hydrogen-bond acceptors (Lipinski definition) is 6. The van der Waals surface area contributed by atoms with Gasteiger partial charge < -0.3 is 29.7 Å². The lowest BCUT2D eigenvalue weighted by Gasteiger charge is -2.36. The number of nitrogens with zero attached hydrogens (tertiary/aromatic N) is 3. The van der Waals surface area contributed by atoms with Crippen LogP contribution in [0.2, 0.25) is 0 Å². The van der Waals surface area contributed by atoms with Gasteiger partial charge in [-0.2, -0.15) is 0 Å². The number of urea groups is 1. The third-order valence-electron chi connectivity index (χ3n) is 6.37. The van der Waals surface area contributed by atoms with Gasteiger partial charge in [-0.05, 0) is 58.0 Å². The molecule has 2 amide bonds. The maximum Gasteiger partial charge on any atom is 0.335 e. The van der Waals surface area contributed by atoms with Crippen LogP contribution in [0, 0.1) is 0 Å². The van der Waals surface area contributed by atoms with Crippen LogP contribution >= 0.6 is 0 Å². The van der Waals surface area contributed by atoms with Gasteiger partial charge in [0.2, 0.25) is 0 Å². The van der Waals surface area contributed by atoms with Gasteiger partial charge >= 0.3 is 12.0 Å². The van der Waals surface area contributed by atoms with E-state index in [1.807, 2.05) is 6.07 Å². The molecule has 0 saturated carbocycles. The molecule has 9 nitrogen and oxygen atoms in total. The van der Waals surface area contributed by atoms with E-state index in [9.17, 15) is 14.7 Å². The smallest absolute Gasteiger partial charge is 0.335 e. The number of carbonyl (C=O) groups is 2. The highest BCUT2D eigenvalue weighted by molar-refractivity contribution is 5.90. The quantitative estimate of drug-likeness (QED) is 0.506. The molecule has 2 aromatic rings. The second-order valence-electron chi connectivity index (χ2n) is 9.40. The number of ether oxygens (including phenoxy) is 2. The Labute approximate surface area is 213 Å². The highest BCUT2D eigenvalue weighted by Crippen LogP contribution is 2.30. The molecule has 196 valence electrons. The first-order valence-corrected chi connectivity index (χ1v) is 12.4. The van der Waals surface area contributed by atoms with Gasteiger partial charge in [0.1, 0.15) is 6.61 Å². The van der Waals surface area contributed by atoms with Gasteiger partial charge in [-0.3, -0.25) is 4.90 Å². The summed E-state index contributed by atoms with van der Waals surface area (Å²) in [5, 5.41) is 12.2. The highest BCUT2D eigenvalue weighted by atomic mass is 16.5. The predicted octanol–water partition coefficient (Wildman–Crippen LogP) is 4.25. The van der Waals surface area contributed by atoms with Crippen molar-refractivity contribution < 1.29 is 24.2 Å². The lowest BCUT2D eigenvalue weighted by Crippen LogP contribution is -2.50. The molecule has 0 spiro atoms. The summed E-state index contributed by atoms with van der Waals surface area (Å²) in [7, 11) is 1.60. The zero-order valence-corrected chi connectivity index (χ0v) is 21.9. The average Bonchev–Trinajstić information content (AvgIpc) is 2.86. The topological polar surface area (TPSA) is 94.6 Å². The molecule has 3 rings (SSSR count). The molecule has 0 aliphatic carbocycles. The number of piperazine rings is 1. The molecule has 1 aliphatic heterocycles. The van der Waals surface area contributed by atoms with Crippen molar-refractivity contribution in [3.8, 4) is 11.5 Å². The van der Waals surface area contributed by atoms with Crippen LogP contribution in [0.1, 0.15) is 38.1 Å². The van der Waals surface area contributed by atoms with Gasteiger partial charge in [-0.25, -0.2) is 9.59 Å². The molecule has 0 bridgehead atoms. The van der Waals surface area contributed by atoms with Crippen LogP contribution < -0.4 is 19.7 Å². The number of carbonyl (C=O) groups excluding carboxylic acids is 1. The lowest BCUT2D eigenvalue weighted by molar-refractivity contribution is 0.0697. The SMILES string of the molecule is COc1ccc(NC(=O)N2CCN(c3cccc(C(=O)O)c3)CC2)cc1OCCN(C(C)C)C(C)C. The maximum atomic E-state index is 12.9. The molecule has 0 aromatic heterocycles. The van der Waals surface area contributed by atoms with E-state index in [4.69, 9.17) is 9.47 Å². The van der Waals surface area contributed by atoms with E-state index >= 15 is 0 Å². The normalized spacial score (nSPS) is 13.9. The summed E-state index contributed by atoms with van der Waals surface area (Å²) >= 11 is 0. The Morgan fingerprint density at radius 1 is 1.00 bits per heavy atom. The number of carboxylic acids is 1. The molecule has 1 saturated heterocycles. The molecule has 2 aromatic carbocycles. The number of nitrogens with one attached hydrogen (secondary N) is 1. The van der Waals surface area contributed by atoms with E-state index in [0.29, 0.717) is 62.1 Å². The first kappa shape index (κ1) is 27.1. The van der Waals surface area contributed by atoms with E-state index in [-0.39, 0.29) is 11.6 Å². The molecule has 1 heterocycles. The second-order valence-corrected chi connectivity index (χ2v) is 9.40. The summed E-state index contributed by atoms with van der Waals surface area (Å²) in [5.41, 5.74) is 1.74. The Bertz CT molecular complexity index is 1030. The Kier molecular flexibility index (Phi) is 9.41. The van der Waals surface area contributed by atoms with Gasteiger partial charge in [-0.1, -0.05) is 6.07 Å². The minimum Gasteiger partial charge on any atom is -0.493 e. The van der Waals surface area contributed by atoms with Gasteiger partial charge in [0, 0.05) is 62.2 Å². The van der Waals surface area contributed by atoms with Crippen LogP contribution in [0.5, 0.6) is 11.5 Å². The van der Waals surface area contributed by atoms with Crippen molar-refractivity contribution in [3.63, 3.8) is 0 Å². The fourth-order valence-electron chi connectivity index (χ4n) is 4.45. The number of anilines is 2. The Balaban J connectivity index is 1.57. The Hall–Kier alpha value is -3.46. The van der Waals surface area contributed by atoms with Crippen molar-refractivity contribution >= 4 is 23.4 Å². The Morgan fingerprint density at radius 2 is 1.69 bits per heavy atom. The molecular formula is C27H38N4O5. The molecule has 36 heavy (non-hydrogen) atoms. The number of hydrogen-bond donors (Lipinski definition) is 2. The first-order chi connectivity index (χ1) is 17.2. The molecule has 9 heteroatoms. The van der Waals surface area contributed by atoms with Crippen LogP contribution in [0.4, 0.5) is 16.2 Å². The third-order valence-corrected chi connectivity index (χ3v) is 6.37. The molecule has 1 fully saturated rings. The molecule has 1 aliphatic rings. The van der Waals surface area contributed by atoms with Crippen molar-refractivity contribution in [1.29, 1.82) is 0 Å². The monoisotopic (exact) mass is 498 g/mol. The third kappa shape index (κ3) is 7.04. The average molecular weight is 499 g/mol. The van der Waals surface area contributed by atoms with E-state index in [1.165, 1.54) is 0 Å². The van der Waals surface area contributed by atoms with Gasteiger partial charge in [-0.15, -0.1) is 0 Å². The second kappa shape index (κ2) is 12.5. The van der Waals surface area contributed by atoms with Crippen LogP contribution in [-0.4, -0.2) is 85.4 Å². The summed E-state index contributed by atoms with van der Waals surface area (Å²) in [6.45, 7) is 12.3. The van der Waals surface area contributed by atoms with E-state index in [1.54, 1.807) is 48.4 Å². The van der Waals surface area contributed by atoms with E-state index in [2.05, 4.69) is 42.8 Å². The molecule has 0 unspecified atom stereocenters. The molecule has 0 radical (unpaired) electrons. The fourth-order valence-corrected chi connectivity index (χ4v) is 4.45. The number of carboxylic acid groups (broad SMARTS) is 1. The number of rotatable bonds is 10. The van der Waals surface area contributed by atoms with Crippen molar-refractivity contribution in [1.82, 2.24) is 9.80 Å². The van der Waals surface area contributed by atoms with Crippen LogP contribution in [0.3, 0.4) is 0 Å². The van der Waals surface area contributed by atoms with Gasteiger partial charge in [0.05, 0.1) is 12.7 Å². The predicted molar refractivity (Wildman–Crippen MR) is 142 cm³/mol. The summed E-state index contributed by atoms with van der Waals surface area (Å²) in [6.07, 6.45) is 0. The van der Waals surface area contributed by atoms with Crippen LogP contribution in [-0.2, 0) is 0 Å². The van der Waals surface area contributed by atoms with Crippen molar-refractivity contribution in [2.24, 2.45) is 0 Å². The summed E-state index contributed by atoms with van der Waals surface area (Å²) in [5.74, 6) is 0.256.